The van der Waals surface area contributed by atoms with Crippen LogP contribution in [-0.2, 0) is 16.0 Å². The number of anilines is 1. The van der Waals surface area contributed by atoms with E-state index in [4.69, 9.17) is 4.74 Å². The van der Waals surface area contributed by atoms with E-state index in [0.29, 0.717) is 24.9 Å². The summed E-state index contributed by atoms with van der Waals surface area (Å²) in [4.78, 5) is 32.2. The van der Waals surface area contributed by atoms with Crippen molar-refractivity contribution in [3.63, 3.8) is 0 Å². The Morgan fingerprint density at radius 1 is 1.16 bits per heavy atom. The van der Waals surface area contributed by atoms with Crippen LogP contribution in [0.1, 0.15) is 19.4 Å². The summed E-state index contributed by atoms with van der Waals surface area (Å²) in [5.41, 5.74) is 3.47. The van der Waals surface area contributed by atoms with Gasteiger partial charge in [-0.3, -0.25) is 9.69 Å². The monoisotopic (exact) mass is 626 g/mol. The van der Waals surface area contributed by atoms with Crippen molar-refractivity contribution in [3.05, 3.63) is 89.4 Å². The Hall–Kier alpha value is -3.58. The number of cyclic esters (lactones) is 1. The van der Waals surface area contributed by atoms with Gasteiger partial charge < -0.3 is 15.2 Å². The van der Waals surface area contributed by atoms with E-state index in [0.717, 1.165) is 37.7 Å². The molecule has 1 saturated heterocycles. The van der Waals surface area contributed by atoms with Crippen molar-refractivity contribution in [2.45, 2.75) is 43.4 Å². The Kier molecular flexibility index (Phi) is 9.91. The van der Waals surface area contributed by atoms with Gasteiger partial charge in [-0.15, -0.1) is 11.3 Å². The van der Waals surface area contributed by atoms with Crippen LogP contribution >= 0.6 is 23.3 Å². The second kappa shape index (κ2) is 13.8. The number of thiazole rings is 1. The molecule has 12 heteroatoms. The summed E-state index contributed by atoms with van der Waals surface area (Å²) in [6.45, 7) is 4.88. The average Bonchev–Trinajstić information content (AvgIpc) is 3.59. The molecule has 43 heavy (non-hydrogen) atoms. The van der Waals surface area contributed by atoms with Crippen LogP contribution in [0.25, 0.3) is 10.2 Å². The summed E-state index contributed by atoms with van der Waals surface area (Å²) in [6.07, 6.45) is -2.80. The van der Waals surface area contributed by atoms with E-state index >= 15 is 0 Å². The number of halogens is 2. The summed E-state index contributed by atoms with van der Waals surface area (Å²) < 4.78 is 36.2. The van der Waals surface area contributed by atoms with E-state index in [2.05, 4.69) is 34.5 Å². The van der Waals surface area contributed by atoms with Crippen LogP contribution in [0.3, 0.4) is 0 Å². The zero-order valence-corrected chi connectivity index (χ0v) is 25.3. The Labute approximate surface area is 256 Å². The van der Waals surface area contributed by atoms with Gasteiger partial charge in [0.05, 0.1) is 40.1 Å². The van der Waals surface area contributed by atoms with Crippen molar-refractivity contribution in [2.75, 3.05) is 24.5 Å². The zero-order chi connectivity index (χ0) is 30.5. The molecule has 1 aliphatic rings. The van der Waals surface area contributed by atoms with Gasteiger partial charge in [0.2, 0.25) is 0 Å². The lowest BCUT2D eigenvalue weighted by Crippen LogP contribution is -2.52. The zero-order valence-electron chi connectivity index (χ0n) is 23.7. The molecule has 1 aromatic heterocycles. The highest BCUT2D eigenvalue weighted by Crippen LogP contribution is 2.30. The molecule has 2 heterocycles. The Bertz CT molecular complexity index is 1570. The molecular formula is C31H32F2N4O4S2. The van der Waals surface area contributed by atoms with Gasteiger partial charge in [0.1, 0.15) is 11.6 Å². The highest BCUT2D eigenvalue weighted by Gasteiger charge is 2.39. The van der Waals surface area contributed by atoms with E-state index in [-0.39, 0.29) is 18.8 Å². The Morgan fingerprint density at radius 3 is 2.70 bits per heavy atom. The number of benzene rings is 3. The largest absolute Gasteiger partial charge is 0.434 e. The van der Waals surface area contributed by atoms with E-state index in [1.165, 1.54) is 11.9 Å². The highest BCUT2D eigenvalue weighted by molar-refractivity contribution is 7.97. The van der Waals surface area contributed by atoms with Crippen molar-refractivity contribution < 1.29 is 28.2 Å². The first-order valence-electron chi connectivity index (χ1n) is 13.9. The van der Waals surface area contributed by atoms with Gasteiger partial charge in [-0.25, -0.2) is 22.9 Å². The molecular weight excluding hydrogens is 594 g/mol. The second-order valence-corrected chi connectivity index (χ2v) is 12.8. The van der Waals surface area contributed by atoms with Crippen molar-refractivity contribution in [1.82, 2.24) is 14.6 Å². The maximum absolute atomic E-state index is 14.4. The molecule has 3 atom stereocenters. The number of carbonyl (C=O) groups excluding carboxylic acids is 2. The van der Waals surface area contributed by atoms with Crippen LogP contribution in [0, 0.1) is 17.6 Å². The van der Waals surface area contributed by atoms with E-state index in [9.17, 15) is 23.5 Å². The predicted molar refractivity (Wildman–Crippen MR) is 164 cm³/mol. The smallest absolute Gasteiger partial charge is 0.415 e. The van der Waals surface area contributed by atoms with Gasteiger partial charge in [-0.2, -0.15) is 0 Å². The number of fused-ring (bicyclic) bond motifs is 1. The average molecular weight is 627 g/mol. The lowest BCUT2D eigenvalue weighted by molar-refractivity contribution is -0.129. The van der Waals surface area contributed by atoms with E-state index in [1.807, 2.05) is 48.0 Å². The number of nitrogens with one attached hydrogen (secondary N) is 1. The first kappa shape index (κ1) is 30.9. The molecule has 0 radical (unpaired) electrons. The van der Waals surface area contributed by atoms with Crippen LogP contribution in [0.15, 0.2) is 77.1 Å². The number of hydrogen-bond donors (Lipinski definition) is 2. The number of aromatic nitrogens is 1. The molecule has 3 aromatic carbocycles. The molecule has 5 rings (SSSR count). The number of ether oxygens (including phenoxy) is 1. The van der Waals surface area contributed by atoms with Crippen molar-refractivity contribution in [3.8, 4) is 0 Å². The molecule has 0 spiro atoms. The van der Waals surface area contributed by atoms with Crippen LogP contribution in [0.2, 0.25) is 0 Å². The number of rotatable bonds is 12. The fraction of sp³-hybridized carbons (Fsp3) is 0.323. The number of nitrogens with zero attached hydrogens (tertiary/aromatic N) is 3. The summed E-state index contributed by atoms with van der Waals surface area (Å²) in [6, 6.07) is 17.6. The summed E-state index contributed by atoms with van der Waals surface area (Å²) in [7, 11) is 0. The minimum Gasteiger partial charge on any atom is -0.434 e. The number of aliphatic hydroxyl groups is 1. The minimum atomic E-state index is -1.24. The number of aliphatic hydroxyl groups excluding tert-OH is 1. The topological polar surface area (TPSA) is 95.0 Å². The van der Waals surface area contributed by atoms with Gasteiger partial charge in [0, 0.05) is 24.1 Å². The van der Waals surface area contributed by atoms with Crippen LogP contribution in [-0.4, -0.2) is 64.3 Å². The molecule has 8 nitrogen and oxygen atoms in total. The van der Waals surface area contributed by atoms with Crippen LogP contribution in [0.5, 0.6) is 0 Å². The summed E-state index contributed by atoms with van der Waals surface area (Å²) in [5, 5.41) is 14.4. The third-order valence-corrected chi connectivity index (χ3v) is 8.70. The molecule has 0 aliphatic carbocycles. The van der Waals surface area contributed by atoms with Crippen LogP contribution in [0.4, 0.5) is 19.3 Å². The highest BCUT2D eigenvalue weighted by atomic mass is 32.2. The molecule has 0 bridgehead atoms. The van der Waals surface area contributed by atoms with E-state index in [1.54, 1.807) is 11.3 Å². The fourth-order valence-electron chi connectivity index (χ4n) is 4.86. The molecule has 2 amide bonds. The normalized spacial score (nSPS) is 16.6. The standard InChI is InChI=1S/C31H32F2N4O4S2/c1-19(2)15-36(43-22-9-10-24-29(14-22)42-18-34-24)16-27(38)25(12-20-6-4-3-5-7-20)35-30(39)28-17-37(31(40)41-28)26-11-8-21(32)13-23(26)33/h3-11,13-14,18-19,25,27-28,38H,12,15-17H2,1-2H3,(H,35,39). The maximum Gasteiger partial charge on any atom is 0.415 e. The number of hydrogen-bond acceptors (Lipinski definition) is 8. The number of amides is 2. The van der Waals surface area contributed by atoms with Gasteiger partial charge in [0.25, 0.3) is 5.91 Å². The lowest BCUT2D eigenvalue weighted by atomic mass is 10.0. The molecule has 226 valence electrons. The molecule has 2 N–H and O–H groups in total. The van der Waals surface area contributed by atoms with Gasteiger partial charge >= 0.3 is 6.09 Å². The van der Waals surface area contributed by atoms with Gasteiger partial charge in [-0.1, -0.05) is 44.2 Å². The first-order valence-corrected chi connectivity index (χ1v) is 15.5. The fourth-order valence-corrected chi connectivity index (χ4v) is 6.85. The molecule has 3 unspecified atom stereocenters. The predicted octanol–water partition coefficient (Wildman–Crippen LogP) is 5.65. The lowest BCUT2D eigenvalue weighted by Gasteiger charge is -2.31. The first-order chi connectivity index (χ1) is 20.7. The SMILES string of the molecule is CC(C)CN(CC(O)C(Cc1ccccc1)NC(=O)C1CN(c2ccc(F)cc2F)C(=O)O1)Sc1ccc2ncsc2c1. The molecule has 1 fully saturated rings. The van der Waals surface area contributed by atoms with Crippen LogP contribution < -0.4 is 10.2 Å². The molecule has 1 aliphatic heterocycles. The minimum absolute atomic E-state index is 0.180. The van der Waals surface area contributed by atoms with Crippen molar-refractivity contribution >= 4 is 51.2 Å². The summed E-state index contributed by atoms with van der Waals surface area (Å²) >= 11 is 3.10. The quantitative estimate of drug-likeness (QED) is 0.196. The van der Waals surface area contributed by atoms with E-state index < -0.39 is 41.9 Å². The molecule has 0 saturated carbocycles. The number of carbonyl (C=O) groups is 2. The Morgan fingerprint density at radius 2 is 1.95 bits per heavy atom. The second-order valence-electron chi connectivity index (χ2n) is 10.8. The third-order valence-electron chi connectivity index (χ3n) is 6.89. The molecule has 4 aromatic rings. The third kappa shape index (κ3) is 7.88. The van der Waals surface area contributed by atoms with Gasteiger partial charge in [0.15, 0.2) is 6.10 Å². The summed E-state index contributed by atoms with van der Waals surface area (Å²) in [5.74, 6) is -2.02. The van der Waals surface area contributed by atoms with Crippen molar-refractivity contribution in [2.24, 2.45) is 5.92 Å². The maximum atomic E-state index is 14.4. The van der Waals surface area contributed by atoms with Gasteiger partial charge in [-0.05, 0) is 60.2 Å². The van der Waals surface area contributed by atoms with Crippen molar-refractivity contribution in [1.29, 1.82) is 0 Å². The Balaban J connectivity index is 1.31.